The number of amides is 6. The first-order chi connectivity index (χ1) is 21.7. The summed E-state index contributed by atoms with van der Waals surface area (Å²) in [5, 5.41) is 50.9. The summed E-state index contributed by atoms with van der Waals surface area (Å²) in [6.07, 6.45) is -5.67. The Morgan fingerprint density at radius 2 is 1.52 bits per heavy atom. The molecule has 0 bridgehead atoms. The molecule has 46 heavy (non-hydrogen) atoms. The number of aliphatic hydroxyl groups excluding tert-OH is 3. The predicted octanol–water partition coefficient (Wildman–Crippen LogP) is -3.44. The number of ether oxygens (including phenoxy) is 1. The third kappa shape index (κ3) is 12.3. The Morgan fingerprint density at radius 3 is 2.11 bits per heavy atom. The molecule has 7 atom stereocenters. The molecule has 1 aliphatic rings. The number of hydrogen-bond donors (Lipinski definition) is 10. The van der Waals surface area contributed by atoms with Gasteiger partial charge in [-0.25, -0.2) is 5.48 Å². The van der Waals surface area contributed by atoms with Crippen molar-refractivity contribution >= 4 is 35.4 Å². The maximum atomic E-state index is 13.1. The van der Waals surface area contributed by atoms with Crippen LogP contribution in [-0.2, 0) is 39.9 Å². The van der Waals surface area contributed by atoms with E-state index in [0.717, 1.165) is 6.92 Å². The van der Waals surface area contributed by atoms with E-state index in [1.54, 1.807) is 30.3 Å². The van der Waals surface area contributed by atoms with E-state index < -0.39 is 97.7 Å². The standard InChI is InChI=1S/C29H44N6O11/c1-15(2)9-18(11-21(38)35-45)27(43)33-19(10-17-7-5-4-6-8-17)28(44)31-12-22(39)30-13-23(40)34-29-24(32-16(3)37)26(42)25(41)20(14-36)46-29/h4-8,15,18-20,24-26,29,36,41-42,45H,9-14H2,1-3H3,(H,30,39)(H,31,44)(H,32,37)(H,33,43)(H,34,40)(H,35,38)/t18-,19+,20-,24-,25-,26-,29-/m1/s1. The fourth-order valence-corrected chi connectivity index (χ4v) is 4.85. The molecule has 0 spiro atoms. The summed E-state index contributed by atoms with van der Waals surface area (Å²) >= 11 is 0. The van der Waals surface area contributed by atoms with E-state index in [2.05, 4.69) is 26.6 Å². The molecule has 256 valence electrons. The van der Waals surface area contributed by atoms with Crippen molar-refractivity contribution in [3.63, 3.8) is 0 Å². The summed E-state index contributed by atoms with van der Waals surface area (Å²) in [6, 6.07) is 6.38. The van der Waals surface area contributed by atoms with Crippen LogP contribution in [0.3, 0.4) is 0 Å². The fourth-order valence-electron chi connectivity index (χ4n) is 4.85. The van der Waals surface area contributed by atoms with Crippen molar-refractivity contribution in [1.29, 1.82) is 0 Å². The number of carbonyl (C=O) groups excluding carboxylic acids is 6. The minimum absolute atomic E-state index is 0.0262. The molecule has 10 N–H and O–H groups in total. The van der Waals surface area contributed by atoms with E-state index in [9.17, 15) is 44.1 Å². The van der Waals surface area contributed by atoms with Gasteiger partial charge in [-0.15, -0.1) is 0 Å². The van der Waals surface area contributed by atoms with Gasteiger partial charge in [0.25, 0.3) is 0 Å². The number of hydrogen-bond acceptors (Lipinski definition) is 11. The van der Waals surface area contributed by atoms with Gasteiger partial charge in [-0.1, -0.05) is 44.2 Å². The van der Waals surface area contributed by atoms with E-state index in [4.69, 9.17) is 9.94 Å². The van der Waals surface area contributed by atoms with Crippen LogP contribution in [0.1, 0.15) is 39.2 Å². The molecule has 6 amide bonds. The lowest BCUT2D eigenvalue weighted by Gasteiger charge is -2.42. The van der Waals surface area contributed by atoms with Crippen LogP contribution in [0.5, 0.6) is 0 Å². The van der Waals surface area contributed by atoms with Crippen LogP contribution in [0.15, 0.2) is 30.3 Å². The third-order valence-corrected chi connectivity index (χ3v) is 7.07. The monoisotopic (exact) mass is 652 g/mol. The summed E-state index contributed by atoms with van der Waals surface area (Å²) in [7, 11) is 0. The number of aliphatic hydroxyl groups is 3. The lowest BCUT2D eigenvalue weighted by Crippen LogP contribution is -2.68. The SMILES string of the molecule is CC(=O)N[C@@H]1[C@@H](O)[C@H](O)[C@@H](CO)O[C@H]1NC(=O)CNC(=O)CNC(=O)[C@H](Cc1ccccc1)NC(=O)[C@@H](CC(=O)NO)CC(C)C. The third-order valence-electron chi connectivity index (χ3n) is 7.07. The van der Waals surface area contributed by atoms with Crippen molar-refractivity contribution in [1.82, 2.24) is 32.1 Å². The summed E-state index contributed by atoms with van der Waals surface area (Å²) in [5.74, 6) is -5.02. The minimum Gasteiger partial charge on any atom is -0.394 e. The average molecular weight is 653 g/mol. The first-order valence-corrected chi connectivity index (χ1v) is 14.8. The van der Waals surface area contributed by atoms with E-state index in [1.807, 2.05) is 13.8 Å². The zero-order chi connectivity index (χ0) is 34.4. The van der Waals surface area contributed by atoms with Gasteiger partial charge in [0, 0.05) is 25.7 Å². The Labute approximate surface area is 265 Å². The zero-order valence-electron chi connectivity index (χ0n) is 25.9. The molecule has 17 nitrogen and oxygen atoms in total. The number of nitrogens with one attached hydrogen (secondary N) is 6. The Hall–Kier alpha value is -4.16. The van der Waals surface area contributed by atoms with Gasteiger partial charge >= 0.3 is 0 Å². The van der Waals surface area contributed by atoms with Gasteiger partial charge in [-0.3, -0.25) is 34.0 Å². The summed E-state index contributed by atoms with van der Waals surface area (Å²) in [4.78, 5) is 74.6. The fraction of sp³-hybridized carbons (Fsp3) is 0.586. The highest BCUT2D eigenvalue weighted by atomic mass is 16.5. The lowest BCUT2D eigenvalue weighted by atomic mass is 9.92. The van der Waals surface area contributed by atoms with Crippen LogP contribution in [0.4, 0.5) is 0 Å². The van der Waals surface area contributed by atoms with Gasteiger partial charge < -0.3 is 46.6 Å². The highest BCUT2D eigenvalue weighted by Gasteiger charge is 2.45. The largest absolute Gasteiger partial charge is 0.394 e. The van der Waals surface area contributed by atoms with Crippen LogP contribution in [0.25, 0.3) is 0 Å². The highest BCUT2D eigenvalue weighted by molar-refractivity contribution is 5.93. The van der Waals surface area contributed by atoms with Crippen molar-refractivity contribution in [3.8, 4) is 0 Å². The molecule has 0 saturated carbocycles. The first kappa shape index (κ1) is 38.0. The Balaban J connectivity index is 2.00. The topological polar surface area (TPSA) is 265 Å². The maximum absolute atomic E-state index is 13.1. The van der Waals surface area contributed by atoms with E-state index in [1.165, 1.54) is 5.48 Å². The van der Waals surface area contributed by atoms with Crippen molar-refractivity contribution in [2.75, 3.05) is 19.7 Å². The molecule has 1 fully saturated rings. The zero-order valence-corrected chi connectivity index (χ0v) is 25.9. The normalized spacial score (nSPS) is 22.1. The first-order valence-electron chi connectivity index (χ1n) is 14.8. The van der Waals surface area contributed by atoms with Crippen molar-refractivity contribution in [2.45, 2.75) is 76.7 Å². The molecule has 1 heterocycles. The number of carbonyl (C=O) groups is 6. The second-order valence-electron chi connectivity index (χ2n) is 11.4. The van der Waals surface area contributed by atoms with Crippen LogP contribution in [-0.4, -0.2) is 112 Å². The predicted molar refractivity (Wildman–Crippen MR) is 159 cm³/mol. The molecule has 0 radical (unpaired) electrons. The van der Waals surface area contributed by atoms with Crippen LogP contribution >= 0.6 is 0 Å². The second kappa shape index (κ2) is 18.7. The minimum atomic E-state index is -1.58. The number of benzene rings is 1. The summed E-state index contributed by atoms with van der Waals surface area (Å²) in [5.41, 5.74) is 2.22. The Morgan fingerprint density at radius 1 is 0.870 bits per heavy atom. The molecule has 1 aromatic rings. The molecule has 0 aromatic heterocycles. The number of rotatable bonds is 16. The molecule has 1 aliphatic heterocycles. The van der Waals surface area contributed by atoms with Gasteiger partial charge in [0.05, 0.1) is 19.7 Å². The van der Waals surface area contributed by atoms with Crippen LogP contribution in [0, 0.1) is 11.8 Å². The number of hydroxylamine groups is 1. The van der Waals surface area contributed by atoms with E-state index >= 15 is 0 Å². The summed E-state index contributed by atoms with van der Waals surface area (Å²) in [6.45, 7) is 3.01. The van der Waals surface area contributed by atoms with Crippen molar-refractivity contribution < 1.29 is 54.0 Å². The van der Waals surface area contributed by atoms with Crippen molar-refractivity contribution in [3.05, 3.63) is 35.9 Å². The van der Waals surface area contributed by atoms with Gasteiger partial charge in [0.15, 0.2) is 6.23 Å². The average Bonchev–Trinajstić information content (AvgIpc) is 3.01. The lowest BCUT2D eigenvalue weighted by molar-refractivity contribution is -0.203. The second-order valence-corrected chi connectivity index (χ2v) is 11.4. The maximum Gasteiger partial charge on any atom is 0.244 e. The molecule has 2 rings (SSSR count). The molecular formula is C29H44N6O11. The van der Waals surface area contributed by atoms with E-state index in [0.29, 0.717) is 12.0 Å². The molecular weight excluding hydrogens is 608 g/mol. The molecule has 1 saturated heterocycles. The van der Waals surface area contributed by atoms with Gasteiger partial charge in [-0.2, -0.15) is 0 Å². The van der Waals surface area contributed by atoms with Gasteiger partial charge in [0.2, 0.25) is 35.4 Å². The summed E-state index contributed by atoms with van der Waals surface area (Å²) < 4.78 is 5.41. The molecule has 0 aliphatic carbocycles. The molecule has 1 aromatic carbocycles. The van der Waals surface area contributed by atoms with E-state index in [-0.39, 0.29) is 18.8 Å². The van der Waals surface area contributed by atoms with Gasteiger partial charge in [0.1, 0.15) is 30.4 Å². The van der Waals surface area contributed by atoms with Crippen LogP contribution in [0.2, 0.25) is 0 Å². The van der Waals surface area contributed by atoms with Gasteiger partial charge in [-0.05, 0) is 17.9 Å². The highest BCUT2D eigenvalue weighted by Crippen LogP contribution is 2.20. The van der Waals surface area contributed by atoms with Crippen LogP contribution < -0.4 is 32.1 Å². The molecule has 0 unspecified atom stereocenters. The Kier molecular flexibility index (Phi) is 15.5. The molecule has 17 heteroatoms. The smallest absolute Gasteiger partial charge is 0.244 e. The Bertz CT molecular complexity index is 1200. The quantitative estimate of drug-likeness (QED) is 0.0620. The van der Waals surface area contributed by atoms with Crippen molar-refractivity contribution in [2.24, 2.45) is 11.8 Å².